The Morgan fingerprint density at radius 1 is 1.33 bits per heavy atom. The van der Waals surface area contributed by atoms with Crippen molar-refractivity contribution < 1.29 is 27.4 Å². The molecule has 1 aliphatic heterocycles. The molecule has 0 radical (unpaired) electrons. The van der Waals surface area contributed by atoms with Crippen LogP contribution in [-0.4, -0.2) is 47.6 Å². The van der Waals surface area contributed by atoms with Crippen molar-refractivity contribution in [2.75, 3.05) is 24.6 Å². The SMILES string of the molecule is CC(C(N)=O)c1ccc(OC2CCN(c3ncnc(OCC(C)(F)F)c3F)C2)cc1. The lowest BCUT2D eigenvalue weighted by Gasteiger charge is -2.20. The molecule has 162 valence electrons. The van der Waals surface area contributed by atoms with Gasteiger partial charge in [0.25, 0.3) is 11.8 Å². The molecule has 0 spiro atoms. The summed E-state index contributed by atoms with van der Waals surface area (Å²) >= 11 is 0. The van der Waals surface area contributed by atoms with Gasteiger partial charge in [-0.25, -0.2) is 13.8 Å². The number of nitrogens with zero attached hydrogens (tertiary/aromatic N) is 3. The van der Waals surface area contributed by atoms with E-state index in [1.54, 1.807) is 36.1 Å². The van der Waals surface area contributed by atoms with Gasteiger partial charge in [0.05, 0.1) is 12.5 Å². The number of carbonyl (C=O) groups is 1. The standard InChI is InChI=1S/C20H23F3N4O3/c1-12(17(24)28)13-3-5-14(6-4-13)30-15-7-8-27(9-15)18-16(21)19(26-11-25-18)29-10-20(2,22)23/h3-6,11-12,15H,7-10H2,1-2H3,(H2,24,28). The smallest absolute Gasteiger partial charge is 0.278 e. The molecule has 2 N–H and O–H groups in total. The Labute approximate surface area is 172 Å². The summed E-state index contributed by atoms with van der Waals surface area (Å²) in [7, 11) is 0. The maximum Gasteiger partial charge on any atom is 0.278 e. The highest BCUT2D eigenvalue weighted by atomic mass is 19.3. The number of primary amides is 1. The average Bonchev–Trinajstić information content (AvgIpc) is 3.14. The van der Waals surface area contributed by atoms with Gasteiger partial charge >= 0.3 is 0 Å². The normalized spacial score (nSPS) is 17.6. The second-order valence-corrected chi connectivity index (χ2v) is 7.34. The predicted molar refractivity (Wildman–Crippen MR) is 103 cm³/mol. The quantitative estimate of drug-likeness (QED) is 0.701. The summed E-state index contributed by atoms with van der Waals surface area (Å²) in [6.45, 7) is 2.26. The summed E-state index contributed by atoms with van der Waals surface area (Å²) in [6, 6.07) is 7.04. The topological polar surface area (TPSA) is 90.6 Å². The maximum absolute atomic E-state index is 14.6. The molecule has 2 heterocycles. The number of carbonyl (C=O) groups excluding carboxylic acids is 1. The lowest BCUT2D eigenvalue weighted by atomic mass is 10.0. The molecular weight excluding hydrogens is 401 g/mol. The van der Waals surface area contributed by atoms with Crippen molar-refractivity contribution in [2.45, 2.75) is 38.2 Å². The Bertz CT molecular complexity index is 890. The van der Waals surface area contributed by atoms with Gasteiger partial charge in [-0.1, -0.05) is 12.1 Å². The molecule has 2 unspecified atom stereocenters. The molecule has 7 nitrogen and oxygen atoms in total. The van der Waals surface area contributed by atoms with Gasteiger partial charge < -0.3 is 20.1 Å². The first-order chi connectivity index (χ1) is 14.1. The van der Waals surface area contributed by atoms with Gasteiger partial charge in [-0.2, -0.15) is 9.37 Å². The molecule has 1 aromatic carbocycles. The largest absolute Gasteiger partial charge is 0.489 e. The Kier molecular flexibility index (Phi) is 6.33. The molecule has 1 aliphatic rings. The first-order valence-corrected chi connectivity index (χ1v) is 9.46. The summed E-state index contributed by atoms with van der Waals surface area (Å²) in [5, 5.41) is 0. The number of ether oxygens (including phenoxy) is 2. The second-order valence-electron chi connectivity index (χ2n) is 7.34. The summed E-state index contributed by atoms with van der Waals surface area (Å²) in [5.41, 5.74) is 6.10. The fourth-order valence-electron chi connectivity index (χ4n) is 3.07. The minimum Gasteiger partial charge on any atom is -0.489 e. The highest BCUT2D eigenvalue weighted by Gasteiger charge is 2.30. The summed E-state index contributed by atoms with van der Waals surface area (Å²) < 4.78 is 51.3. The molecule has 1 amide bonds. The van der Waals surface area contributed by atoms with Crippen LogP contribution in [0.15, 0.2) is 30.6 Å². The van der Waals surface area contributed by atoms with Crippen molar-refractivity contribution in [3.63, 3.8) is 0 Å². The first kappa shape index (κ1) is 21.7. The van der Waals surface area contributed by atoms with Crippen LogP contribution in [0.2, 0.25) is 0 Å². The van der Waals surface area contributed by atoms with E-state index in [2.05, 4.69) is 9.97 Å². The van der Waals surface area contributed by atoms with Crippen LogP contribution < -0.4 is 20.1 Å². The van der Waals surface area contributed by atoms with Crippen LogP contribution in [-0.2, 0) is 4.79 Å². The summed E-state index contributed by atoms with van der Waals surface area (Å²) in [6.07, 6.45) is 1.48. The van der Waals surface area contributed by atoms with E-state index in [9.17, 15) is 18.0 Å². The van der Waals surface area contributed by atoms with Gasteiger partial charge in [0.2, 0.25) is 11.7 Å². The van der Waals surface area contributed by atoms with E-state index in [4.69, 9.17) is 15.2 Å². The molecule has 0 bridgehead atoms. The fourth-order valence-corrected chi connectivity index (χ4v) is 3.07. The highest BCUT2D eigenvalue weighted by Crippen LogP contribution is 2.28. The van der Waals surface area contributed by atoms with E-state index in [1.165, 1.54) is 0 Å². The van der Waals surface area contributed by atoms with Crippen LogP contribution in [0.4, 0.5) is 19.0 Å². The van der Waals surface area contributed by atoms with Crippen molar-refractivity contribution in [3.05, 3.63) is 42.0 Å². The van der Waals surface area contributed by atoms with Crippen molar-refractivity contribution in [1.82, 2.24) is 9.97 Å². The minimum atomic E-state index is -3.10. The summed E-state index contributed by atoms with van der Waals surface area (Å²) in [4.78, 5) is 20.5. The first-order valence-electron chi connectivity index (χ1n) is 9.46. The molecule has 2 aromatic rings. The van der Waals surface area contributed by atoms with E-state index < -0.39 is 36.1 Å². The number of anilines is 1. The number of nitrogens with two attached hydrogens (primary N) is 1. The van der Waals surface area contributed by atoms with Crippen LogP contribution in [0.1, 0.15) is 31.7 Å². The average molecular weight is 424 g/mol. The Hall–Kier alpha value is -3.04. The third-order valence-corrected chi connectivity index (χ3v) is 4.76. The number of aromatic nitrogens is 2. The maximum atomic E-state index is 14.6. The van der Waals surface area contributed by atoms with Crippen LogP contribution in [0.3, 0.4) is 0 Å². The molecule has 0 aliphatic carbocycles. The number of benzene rings is 1. The zero-order chi connectivity index (χ0) is 21.9. The zero-order valence-electron chi connectivity index (χ0n) is 16.6. The number of hydrogen-bond acceptors (Lipinski definition) is 6. The fraction of sp³-hybridized carbons (Fsp3) is 0.450. The summed E-state index contributed by atoms with van der Waals surface area (Å²) in [5.74, 6) is -4.71. The zero-order valence-corrected chi connectivity index (χ0v) is 16.6. The molecule has 0 saturated carbocycles. The van der Waals surface area contributed by atoms with Gasteiger partial charge in [0, 0.05) is 19.9 Å². The highest BCUT2D eigenvalue weighted by molar-refractivity contribution is 5.81. The van der Waals surface area contributed by atoms with Gasteiger partial charge in [-0.15, -0.1) is 0 Å². The van der Waals surface area contributed by atoms with Gasteiger partial charge in [-0.3, -0.25) is 4.79 Å². The van der Waals surface area contributed by atoms with Gasteiger partial charge in [0.1, 0.15) is 18.2 Å². The predicted octanol–water partition coefficient (Wildman–Crippen LogP) is 2.90. The van der Waals surface area contributed by atoms with E-state index in [1.807, 2.05) is 0 Å². The molecule has 30 heavy (non-hydrogen) atoms. The molecule has 1 fully saturated rings. The Morgan fingerprint density at radius 2 is 2.03 bits per heavy atom. The minimum absolute atomic E-state index is 0.0175. The number of alkyl halides is 2. The molecule has 1 saturated heterocycles. The van der Waals surface area contributed by atoms with E-state index >= 15 is 0 Å². The monoisotopic (exact) mass is 424 g/mol. The van der Waals surface area contributed by atoms with Crippen molar-refractivity contribution >= 4 is 11.7 Å². The molecule has 3 rings (SSSR count). The Morgan fingerprint density at radius 3 is 2.67 bits per heavy atom. The number of halogens is 3. The van der Waals surface area contributed by atoms with Crippen LogP contribution in [0.25, 0.3) is 0 Å². The number of rotatable bonds is 8. The van der Waals surface area contributed by atoms with Crippen LogP contribution >= 0.6 is 0 Å². The lowest BCUT2D eigenvalue weighted by Crippen LogP contribution is -2.27. The third kappa shape index (κ3) is 5.31. The third-order valence-electron chi connectivity index (χ3n) is 4.76. The lowest BCUT2D eigenvalue weighted by molar-refractivity contribution is -0.119. The van der Waals surface area contributed by atoms with E-state index in [0.717, 1.165) is 11.9 Å². The van der Waals surface area contributed by atoms with Gasteiger partial charge in [-0.05, 0) is 24.6 Å². The van der Waals surface area contributed by atoms with Gasteiger partial charge in [0.15, 0.2) is 12.4 Å². The second kappa shape index (κ2) is 8.76. The van der Waals surface area contributed by atoms with E-state index in [0.29, 0.717) is 32.2 Å². The molecule has 10 heteroatoms. The van der Waals surface area contributed by atoms with Crippen LogP contribution in [0, 0.1) is 5.82 Å². The molecule has 1 aromatic heterocycles. The van der Waals surface area contributed by atoms with Crippen molar-refractivity contribution in [3.8, 4) is 11.6 Å². The molecular formula is C20H23F3N4O3. The molecule has 2 atom stereocenters. The van der Waals surface area contributed by atoms with E-state index in [-0.39, 0.29) is 11.9 Å². The van der Waals surface area contributed by atoms with Crippen LogP contribution in [0.5, 0.6) is 11.6 Å². The van der Waals surface area contributed by atoms with Crippen molar-refractivity contribution in [2.24, 2.45) is 5.73 Å². The van der Waals surface area contributed by atoms with Crippen molar-refractivity contribution in [1.29, 1.82) is 0 Å². The Balaban J connectivity index is 1.62. The number of hydrogen-bond donors (Lipinski definition) is 1. The number of amides is 1.